The molecule has 2 unspecified atom stereocenters. The van der Waals surface area contributed by atoms with Crippen LogP contribution in [0, 0.1) is 5.92 Å². The van der Waals surface area contributed by atoms with Gasteiger partial charge in [0.15, 0.2) is 5.78 Å². The number of hydrogen-bond donors (Lipinski definition) is 2. The maximum Gasteiger partial charge on any atom is 0.233 e. The zero-order valence-electron chi connectivity index (χ0n) is 24.1. The Morgan fingerprint density at radius 2 is 1.98 bits per heavy atom. The van der Waals surface area contributed by atoms with Crippen LogP contribution in [0.15, 0.2) is 61.8 Å². The number of benzene rings is 2. The number of aromatic nitrogens is 1. The molecule has 1 amide bonds. The molecule has 2 atom stereocenters. The van der Waals surface area contributed by atoms with Crippen LogP contribution in [0.3, 0.4) is 0 Å². The molecule has 2 aliphatic rings. The molecule has 5 rings (SSSR count). The second-order valence-electron chi connectivity index (χ2n) is 11.3. The Kier molecular flexibility index (Phi) is 9.32. The molecule has 2 aliphatic heterocycles. The summed E-state index contributed by atoms with van der Waals surface area (Å²) in [6, 6.07) is 12.1. The smallest absolute Gasteiger partial charge is 0.233 e. The maximum absolute atomic E-state index is 13.5. The van der Waals surface area contributed by atoms with Crippen LogP contribution < -0.4 is 5.32 Å². The van der Waals surface area contributed by atoms with E-state index in [0.717, 1.165) is 91.0 Å². The van der Waals surface area contributed by atoms with Crippen molar-refractivity contribution in [2.45, 2.75) is 44.9 Å². The van der Waals surface area contributed by atoms with Gasteiger partial charge < -0.3 is 19.9 Å². The Morgan fingerprint density at radius 3 is 2.78 bits per heavy atom. The van der Waals surface area contributed by atoms with E-state index in [2.05, 4.69) is 47.4 Å². The number of hydrogen-bond acceptors (Lipinski definition) is 4. The summed E-state index contributed by atoms with van der Waals surface area (Å²) in [7, 11) is 0. The van der Waals surface area contributed by atoms with Crippen molar-refractivity contribution in [3.8, 4) is 11.1 Å². The summed E-state index contributed by atoms with van der Waals surface area (Å²) >= 11 is 0. The fourth-order valence-corrected chi connectivity index (χ4v) is 6.07. The average molecular weight is 552 g/mol. The van der Waals surface area contributed by atoms with Crippen LogP contribution in [-0.2, 0) is 9.53 Å². The van der Waals surface area contributed by atoms with Gasteiger partial charge in [-0.1, -0.05) is 50.4 Å². The molecule has 1 aromatic heterocycles. The van der Waals surface area contributed by atoms with E-state index in [1.54, 1.807) is 6.20 Å². The fraction of sp³-hybridized carbons (Fsp3) is 0.371. The lowest BCUT2D eigenvalue weighted by atomic mass is 9.89. The Labute approximate surface area is 243 Å². The minimum atomic E-state index is -0.344. The maximum atomic E-state index is 13.5. The van der Waals surface area contributed by atoms with Gasteiger partial charge in [-0.15, -0.1) is 0 Å². The quantitative estimate of drug-likeness (QED) is 0.253. The van der Waals surface area contributed by atoms with E-state index in [1.807, 2.05) is 42.5 Å². The van der Waals surface area contributed by atoms with Gasteiger partial charge in [-0.3, -0.25) is 9.59 Å². The largest absolute Gasteiger partial charge is 0.380 e. The molecule has 1 saturated heterocycles. The van der Waals surface area contributed by atoms with Gasteiger partial charge in [0.05, 0.1) is 12.5 Å². The highest BCUT2D eigenvalue weighted by atomic mass is 16.5. The number of carbonyl (C=O) groups is 2. The van der Waals surface area contributed by atoms with Crippen LogP contribution in [-0.4, -0.2) is 54.4 Å². The molecule has 1 fully saturated rings. The molecule has 3 aromatic rings. The van der Waals surface area contributed by atoms with E-state index in [4.69, 9.17) is 4.74 Å². The van der Waals surface area contributed by atoms with Crippen molar-refractivity contribution in [3.05, 3.63) is 84.2 Å². The van der Waals surface area contributed by atoms with E-state index in [9.17, 15) is 9.59 Å². The van der Waals surface area contributed by atoms with Gasteiger partial charge >= 0.3 is 0 Å². The van der Waals surface area contributed by atoms with Gasteiger partial charge in [0.1, 0.15) is 0 Å². The summed E-state index contributed by atoms with van der Waals surface area (Å²) in [6.07, 6.45) is 11.7. The van der Waals surface area contributed by atoms with E-state index >= 15 is 0 Å². The van der Waals surface area contributed by atoms with Gasteiger partial charge in [-0.2, -0.15) is 0 Å². The molecule has 2 aromatic carbocycles. The summed E-state index contributed by atoms with van der Waals surface area (Å²) in [5.41, 5.74) is 6.39. The average Bonchev–Trinajstić information content (AvgIpc) is 3.16. The molecule has 2 N–H and O–H groups in total. The number of aromatic amines is 1. The molecule has 6 nitrogen and oxygen atoms in total. The first-order chi connectivity index (χ1) is 20.0. The van der Waals surface area contributed by atoms with Gasteiger partial charge in [0, 0.05) is 53.8 Å². The van der Waals surface area contributed by atoms with E-state index in [0.29, 0.717) is 24.3 Å². The monoisotopic (exact) mass is 551 g/mol. The van der Waals surface area contributed by atoms with Crippen LogP contribution in [0.5, 0.6) is 0 Å². The Balaban J connectivity index is 1.41. The van der Waals surface area contributed by atoms with Gasteiger partial charge in [0.25, 0.3) is 0 Å². The van der Waals surface area contributed by atoms with Crippen LogP contribution >= 0.6 is 0 Å². The van der Waals surface area contributed by atoms with E-state index in [1.165, 1.54) is 0 Å². The number of ether oxygens (including phenoxy) is 1. The highest BCUT2D eigenvalue weighted by Gasteiger charge is 2.28. The third-order valence-corrected chi connectivity index (χ3v) is 8.37. The first kappa shape index (κ1) is 28.8. The first-order valence-electron chi connectivity index (χ1n) is 14.8. The predicted octanol–water partition coefficient (Wildman–Crippen LogP) is 6.95. The lowest BCUT2D eigenvalue weighted by Gasteiger charge is -2.20. The first-order valence-corrected chi connectivity index (χ1v) is 14.8. The number of fused-ring (bicyclic) bond motifs is 1. The van der Waals surface area contributed by atoms with Crippen LogP contribution in [0.2, 0.25) is 0 Å². The minimum Gasteiger partial charge on any atom is -0.380 e. The van der Waals surface area contributed by atoms with Crippen molar-refractivity contribution in [1.82, 2.24) is 15.2 Å². The van der Waals surface area contributed by atoms with Crippen LogP contribution in [0.1, 0.15) is 72.1 Å². The van der Waals surface area contributed by atoms with E-state index < -0.39 is 0 Å². The third-order valence-electron chi connectivity index (χ3n) is 8.37. The van der Waals surface area contributed by atoms with Crippen molar-refractivity contribution in [1.29, 1.82) is 0 Å². The number of amides is 1. The highest BCUT2D eigenvalue weighted by Crippen LogP contribution is 2.40. The Hall–Kier alpha value is -3.74. The van der Waals surface area contributed by atoms with Crippen molar-refractivity contribution >= 4 is 34.7 Å². The zero-order chi connectivity index (χ0) is 28.8. The third kappa shape index (κ3) is 6.61. The molecule has 214 valence electrons. The fourth-order valence-electron chi connectivity index (χ4n) is 6.07. The number of rotatable bonds is 11. The zero-order valence-corrected chi connectivity index (χ0v) is 24.1. The number of nitrogens with zero attached hydrogens (tertiary/aromatic N) is 1. The molecule has 0 radical (unpaired) electrons. The van der Waals surface area contributed by atoms with Crippen molar-refractivity contribution < 1.29 is 14.3 Å². The van der Waals surface area contributed by atoms with Gasteiger partial charge in [-0.05, 0) is 85.3 Å². The van der Waals surface area contributed by atoms with Crippen LogP contribution in [0.25, 0.3) is 34.2 Å². The molecular weight excluding hydrogens is 510 g/mol. The number of nitrogens with one attached hydrogen (secondary N) is 2. The highest BCUT2D eigenvalue weighted by molar-refractivity contribution is 6.05. The number of Topliss-reactive ketones (excluding diaryl/α,β-unsaturated/α-hetero) is 1. The molecule has 0 saturated carbocycles. The molecule has 3 heterocycles. The summed E-state index contributed by atoms with van der Waals surface area (Å²) in [5, 5.41) is 3.80. The Bertz CT molecular complexity index is 1460. The summed E-state index contributed by atoms with van der Waals surface area (Å²) < 4.78 is 5.56. The molecule has 41 heavy (non-hydrogen) atoms. The summed E-state index contributed by atoms with van der Waals surface area (Å²) in [6.45, 7) is 14.9. The van der Waals surface area contributed by atoms with Gasteiger partial charge in [0.2, 0.25) is 5.91 Å². The predicted molar refractivity (Wildman–Crippen MR) is 168 cm³/mol. The molecule has 0 bridgehead atoms. The molecule has 0 spiro atoms. The normalized spacial score (nSPS) is 18.6. The number of carbonyl (C=O) groups excluding carboxylic acids is 2. The topological polar surface area (TPSA) is 74.4 Å². The number of ketones is 1. The second-order valence-corrected chi connectivity index (χ2v) is 11.3. The minimum absolute atomic E-state index is 0.0372. The van der Waals surface area contributed by atoms with Gasteiger partial charge in [-0.25, -0.2) is 0 Å². The molecule has 0 aliphatic carbocycles. The lowest BCUT2D eigenvalue weighted by molar-refractivity contribution is -0.121. The second kappa shape index (κ2) is 13.3. The number of allylic oxidation sites excluding steroid dienone is 1. The standard InChI is InChI=1S/C35H41N3O3/c1-4-25-11-12-28(22-26(25)5-2)33-30-23-27(13-14-31(30)37-34(33)29-10-6-15-36-35(29)40)32(39)21-24(3)9-7-16-38-17-8-19-41-20-18-38/h4-6,11-15,22-24,29,37H,1-2,7-10,16-21H2,3H3,(H,36,40). The lowest BCUT2D eigenvalue weighted by Crippen LogP contribution is -2.28. The summed E-state index contributed by atoms with van der Waals surface area (Å²) in [5.74, 6) is 0.0822. The van der Waals surface area contributed by atoms with Crippen molar-refractivity contribution in [3.63, 3.8) is 0 Å². The Morgan fingerprint density at radius 1 is 1.12 bits per heavy atom. The molecular formula is C35H41N3O3. The van der Waals surface area contributed by atoms with Crippen LogP contribution in [0.4, 0.5) is 0 Å². The SMILES string of the molecule is C=Cc1ccc(-c2c(C3CC=CNC3=O)[nH]c3ccc(C(=O)CC(C)CCCN4CCCOCC4)cc23)cc1C=C. The molecule has 6 heteroatoms. The van der Waals surface area contributed by atoms with Crippen molar-refractivity contribution in [2.75, 3.05) is 32.8 Å². The van der Waals surface area contributed by atoms with E-state index in [-0.39, 0.29) is 17.6 Å². The summed E-state index contributed by atoms with van der Waals surface area (Å²) in [4.78, 5) is 32.4. The van der Waals surface area contributed by atoms with Crippen molar-refractivity contribution in [2.24, 2.45) is 5.92 Å². The number of H-pyrrole nitrogens is 1.